The van der Waals surface area contributed by atoms with Crippen LogP contribution in [0.1, 0.15) is 38.5 Å². The Morgan fingerprint density at radius 1 is 0.815 bits per heavy atom. The molecule has 0 aliphatic heterocycles. The molecule has 148 valence electrons. The molecule has 0 spiro atoms. The molecule has 1 aromatic rings. The van der Waals surface area contributed by atoms with E-state index >= 15 is 0 Å². The van der Waals surface area contributed by atoms with Crippen LogP contribution in [0.15, 0.2) is 18.2 Å². The van der Waals surface area contributed by atoms with Gasteiger partial charge in [0, 0.05) is 5.69 Å². The molecule has 4 fully saturated rings. The minimum Gasteiger partial charge on any atom is -0.326 e. The molecule has 2 nitrogen and oxygen atoms in total. The first kappa shape index (κ1) is 19.4. The Hall–Kier alpha value is -0.876. The molecule has 0 unspecified atom stereocenters. The van der Waals surface area contributed by atoms with Crippen molar-refractivity contribution < 1.29 is 4.79 Å². The Morgan fingerprint density at radius 2 is 1.22 bits per heavy atom. The van der Waals surface area contributed by atoms with Crippen LogP contribution in [0, 0.1) is 23.2 Å². The number of benzene rings is 1. The number of nitrogens with one attached hydrogen (secondary N) is 1. The Balaban J connectivity index is 1.63. The fourth-order valence-corrected chi connectivity index (χ4v) is 8.72. The molecule has 5 rings (SSSR count). The normalized spacial score (nSPS) is 32.6. The van der Waals surface area contributed by atoms with Crippen molar-refractivity contribution in [3.05, 3.63) is 18.2 Å². The van der Waals surface area contributed by atoms with Gasteiger partial charge >= 0.3 is 0 Å². The van der Waals surface area contributed by atoms with E-state index in [0.717, 1.165) is 42.7 Å². The second-order valence-corrected chi connectivity index (χ2v) is 22.1. The summed E-state index contributed by atoms with van der Waals surface area (Å²) in [5, 5.41) is 6.38. The molecule has 0 saturated heterocycles. The molecule has 1 N–H and O–H groups in total. The van der Waals surface area contributed by atoms with Crippen LogP contribution >= 0.6 is 0 Å². The van der Waals surface area contributed by atoms with Gasteiger partial charge in [0.15, 0.2) is 0 Å². The number of carbonyl (C=O) groups is 1. The van der Waals surface area contributed by atoms with E-state index in [0.29, 0.717) is 5.91 Å². The van der Waals surface area contributed by atoms with Crippen molar-refractivity contribution in [2.45, 2.75) is 77.8 Å². The van der Waals surface area contributed by atoms with Gasteiger partial charge in [0.25, 0.3) is 0 Å². The van der Waals surface area contributed by atoms with Crippen LogP contribution in [0.5, 0.6) is 0 Å². The average molecular weight is 400 g/mol. The number of hydrogen-bond acceptors (Lipinski definition) is 1. The van der Waals surface area contributed by atoms with Crippen LogP contribution in [-0.2, 0) is 4.79 Å². The molecule has 0 atom stereocenters. The highest BCUT2D eigenvalue weighted by Gasteiger charge is 2.54. The largest absolute Gasteiger partial charge is 0.326 e. The molecule has 0 aromatic heterocycles. The topological polar surface area (TPSA) is 29.1 Å². The molecule has 0 radical (unpaired) electrons. The Kier molecular flexibility index (Phi) is 4.55. The average Bonchev–Trinajstić information content (AvgIpc) is 2.51. The summed E-state index contributed by atoms with van der Waals surface area (Å²) in [4.78, 5) is 13.5. The first-order chi connectivity index (χ1) is 12.4. The predicted octanol–water partition coefficient (Wildman–Crippen LogP) is 4.93. The Bertz CT molecular complexity index is 689. The van der Waals surface area contributed by atoms with Gasteiger partial charge in [-0.2, -0.15) is 0 Å². The Morgan fingerprint density at radius 3 is 1.59 bits per heavy atom. The molecule has 4 aliphatic rings. The molecule has 1 aromatic carbocycles. The maximum Gasteiger partial charge on any atom is 0.230 e. The number of hydrogen-bond donors (Lipinski definition) is 1. The van der Waals surface area contributed by atoms with Gasteiger partial charge in [0.2, 0.25) is 5.91 Å². The van der Waals surface area contributed by atoms with Crippen molar-refractivity contribution >= 4 is 38.1 Å². The van der Waals surface area contributed by atoms with Gasteiger partial charge in [0.05, 0.1) is 21.6 Å². The highest BCUT2D eigenvalue weighted by Crippen LogP contribution is 2.60. The van der Waals surface area contributed by atoms with Gasteiger partial charge in [-0.1, -0.05) is 55.7 Å². The quantitative estimate of drug-likeness (QED) is 0.714. The van der Waals surface area contributed by atoms with Gasteiger partial charge in [-0.15, -0.1) is 0 Å². The predicted molar refractivity (Wildman–Crippen MR) is 122 cm³/mol. The van der Waals surface area contributed by atoms with E-state index in [1.165, 1.54) is 29.6 Å². The summed E-state index contributed by atoms with van der Waals surface area (Å²) in [5.74, 6) is 2.77. The molecule has 4 aliphatic carbocycles. The lowest BCUT2D eigenvalue weighted by Gasteiger charge is -2.55. The molecule has 27 heavy (non-hydrogen) atoms. The van der Waals surface area contributed by atoms with E-state index < -0.39 is 16.1 Å². The maximum absolute atomic E-state index is 13.5. The minimum atomic E-state index is -1.43. The molecule has 4 bridgehead atoms. The minimum absolute atomic E-state index is 0.0662. The summed E-state index contributed by atoms with van der Waals surface area (Å²) in [6, 6.07) is 7.02. The van der Waals surface area contributed by atoms with E-state index in [9.17, 15) is 4.79 Å². The zero-order chi connectivity index (χ0) is 19.6. The number of carbonyl (C=O) groups excluding carboxylic acids is 1. The summed E-state index contributed by atoms with van der Waals surface area (Å²) in [6.45, 7) is 14.4. The monoisotopic (exact) mass is 399 g/mol. The summed E-state index contributed by atoms with van der Waals surface area (Å²) >= 11 is 0. The third-order valence-electron chi connectivity index (χ3n) is 7.44. The van der Waals surface area contributed by atoms with E-state index in [2.05, 4.69) is 62.8 Å². The Labute approximate surface area is 167 Å². The van der Waals surface area contributed by atoms with E-state index in [-0.39, 0.29) is 5.41 Å². The number of amides is 1. The summed E-state index contributed by atoms with van der Waals surface area (Å²) in [5.41, 5.74) is 0.997. The molecule has 0 heterocycles. The van der Waals surface area contributed by atoms with Gasteiger partial charge in [-0.3, -0.25) is 4.79 Å². The van der Waals surface area contributed by atoms with Crippen LogP contribution in [0.3, 0.4) is 0 Å². The summed E-state index contributed by atoms with van der Waals surface area (Å²) in [6.07, 6.45) is 7.57. The van der Waals surface area contributed by atoms with Gasteiger partial charge in [0.1, 0.15) is 0 Å². The first-order valence-electron chi connectivity index (χ1n) is 10.9. The lowest BCUT2D eigenvalue weighted by Crippen LogP contribution is -2.52. The van der Waals surface area contributed by atoms with Crippen molar-refractivity contribution in [3.63, 3.8) is 0 Å². The van der Waals surface area contributed by atoms with E-state index in [4.69, 9.17) is 0 Å². The molecular weight excluding hydrogens is 362 g/mol. The summed E-state index contributed by atoms with van der Waals surface area (Å²) < 4.78 is 0. The van der Waals surface area contributed by atoms with Crippen molar-refractivity contribution in [3.8, 4) is 0 Å². The smallest absolute Gasteiger partial charge is 0.230 e. The third-order valence-corrected chi connectivity index (χ3v) is 11.5. The zero-order valence-corrected chi connectivity index (χ0v) is 20.1. The van der Waals surface area contributed by atoms with Crippen molar-refractivity contribution in [1.82, 2.24) is 0 Å². The van der Waals surface area contributed by atoms with Crippen molar-refractivity contribution in [2.75, 3.05) is 5.32 Å². The van der Waals surface area contributed by atoms with Gasteiger partial charge in [-0.05, 0) is 68.4 Å². The molecule has 4 heteroatoms. The molecule has 4 saturated carbocycles. The van der Waals surface area contributed by atoms with Crippen LogP contribution in [-0.4, -0.2) is 22.1 Å². The second kappa shape index (κ2) is 6.31. The SMILES string of the molecule is C[Si](C)(C)c1cc(NC(=O)C23CC4CC(CC(C4)C2)C3)cc([Si](C)(C)C)c1. The highest BCUT2D eigenvalue weighted by atomic mass is 28.3. The van der Waals surface area contributed by atoms with Crippen LogP contribution in [0.25, 0.3) is 0 Å². The van der Waals surface area contributed by atoms with Gasteiger partial charge < -0.3 is 5.32 Å². The second-order valence-electron chi connectivity index (χ2n) is 12.0. The first-order valence-corrected chi connectivity index (χ1v) is 17.9. The number of rotatable bonds is 4. The van der Waals surface area contributed by atoms with Crippen LogP contribution in [0.4, 0.5) is 5.69 Å². The zero-order valence-electron chi connectivity index (χ0n) is 18.1. The third kappa shape index (κ3) is 3.72. The van der Waals surface area contributed by atoms with E-state index in [1.54, 1.807) is 0 Å². The summed E-state index contributed by atoms with van der Waals surface area (Å²) in [7, 11) is -2.85. The fraction of sp³-hybridized carbons (Fsp3) is 0.696. The standard InChI is InChI=1S/C23H37NOSi2/c1-26(2,3)20-10-19(11-21(12-20)27(4,5)6)24-22(25)23-13-16-7-17(14-23)9-18(8-16)15-23/h10-12,16-18H,7-9,13-15H2,1-6H3,(H,24,25). The fourth-order valence-electron chi connectivity index (χ4n) is 6.22. The van der Waals surface area contributed by atoms with Crippen LogP contribution in [0.2, 0.25) is 39.3 Å². The number of anilines is 1. The van der Waals surface area contributed by atoms with Gasteiger partial charge in [-0.25, -0.2) is 0 Å². The lowest BCUT2D eigenvalue weighted by atomic mass is 9.49. The van der Waals surface area contributed by atoms with Crippen molar-refractivity contribution in [1.29, 1.82) is 0 Å². The molecule has 1 amide bonds. The maximum atomic E-state index is 13.5. The van der Waals surface area contributed by atoms with E-state index in [1.807, 2.05) is 0 Å². The van der Waals surface area contributed by atoms with Crippen LogP contribution < -0.4 is 15.7 Å². The van der Waals surface area contributed by atoms with Crippen molar-refractivity contribution in [2.24, 2.45) is 23.2 Å². The highest BCUT2D eigenvalue weighted by molar-refractivity contribution is 6.91. The molecular formula is C23H37NOSi2. The lowest BCUT2D eigenvalue weighted by molar-refractivity contribution is -0.140.